The molecule has 0 radical (unpaired) electrons. The standard InChI is InChI=1S/C43H43N5O7/c1-53-36-13-5-3-9-30(36)25-39(49)47-23-7-11-34(47)41(51)45-32-19-15-28(16-20-32)38-27-44-43(55-38)29-17-21-33(22-18-29)46-42(52)35-12-8-24-48(35)40(50)26-31-10-4-6-14-37(31)54-2/h3-6,9-10,13-22,27,34-35H,7-8,11-12,23-26H2,1-2H3,(H,45,51)(H,46,52)/t34-,35-/m0/s1. The van der Waals surface area contributed by atoms with Gasteiger partial charge >= 0.3 is 0 Å². The van der Waals surface area contributed by atoms with Crippen LogP contribution in [0.2, 0.25) is 0 Å². The van der Waals surface area contributed by atoms with Gasteiger partial charge in [-0.05, 0) is 86.3 Å². The summed E-state index contributed by atoms with van der Waals surface area (Å²) >= 11 is 0. The van der Waals surface area contributed by atoms with Crippen LogP contribution in [0.5, 0.6) is 11.5 Å². The molecule has 2 fully saturated rings. The predicted molar refractivity (Wildman–Crippen MR) is 208 cm³/mol. The van der Waals surface area contributed by atoms with Crippen molar-refractivity contribution >= 4 is 35.0 Å². The summed E-state index contributed by atoms with van der Waals surface area (Å²) in [6.45, 7) is 1.06. The molecule has 0 saturated carbocycles. The number of amides is 4. The highest BCUT2D eigenvalue weighted by Gasteiger charge is 2.35. The monoisotopic (exact) mass is 741 g/mol. The fraction of sp³-hybridized carbons (Fsp3) is 0.279. The van der Waals surface area contributed by atoms with E-state index in [4.69, 9.17) is 13.9 Å². The minimum atomic E-state index is -0.549. The summed E-state index contributed by atoms with van der Waals surface area (Å²) in [5.41, 5.74) is 4.28. The molecule has 3 heterocycles. The number of ether oxygens (including phenoxy) is 2. The van der Waals surface area contributed by atoms with E-state index in [1.807, 2.05) is 72.8 Å². The van der Waals surface area contributed by atoms with E-state index in [0.29, 0.717) is 60.5 Å². The zero-order valence-corrected chi connectivity index (χ0v) is 30.8. The van der Waals surface area contributed by atoms with Gasteiger partial charge in [-0.2, -0.15) is 0 Å². The van der Waals surface area contributed by atoms with E-state index >= 15 is 0 Å². The molecule has 4 aromatic carbocycles. The van der Waals surface area contributed by atoms with Crippen molar-refractivity contribution in [1.82, 2.24) is 14.8 Å². The number of nitrogens with one attached hydrogen (secondary N) is 2. The minimum absolute atomic E-state index is 0.108. The van der Waals surface area contributed by atoms with Crippen LogP contribution in [-0.4, -0.2) is 77.8 Å². The van der Waals surface area contributed by atoms with Crippen LogP contribution < -0.4 is 20.1 Å². The fourth-order valence-electron chi connectivity index (χ4n) is 7.31. The average Bonchev–Trinajstić information content (AvgIpc) is 4.01. The van der Waals surface area contributed by atoms with Gasteiger partial charge in [0.25, 0.3) is 0 Å². The first kappa shape index (κ1) is 36.9. The summed E-state index contributed by atoms with van der Waals surface area (Å²) in [4.78, 5) is 60.8. The highest BCUT2D eigenvalue weighted by molar-refractivity contribution is 5.99. The average molecular weight is 742 g/mol. The Morgan fingerprint density at radius 1 is 0.655 bits per heavy atom. The molecule has 4 amide bonds. The number of oxazole rings is 1. The summed E-state index contributed by atoms with van der Waals surface area (Å²) in [5, 5.41) is 5.93. The minimum Gasteiger partial charge on any atom is -0.496 e. The molecule has 282 valence electrons. The van der Waals surface area contributed by atoms with Gasteiger partial charge in [0.1, 0.15) is 23.6 Å². The third kappa shape index (κ3) is 8.38. The Bertz CT molecular complexity index is 2010. The van der Waals surface area contributed by atoms with Crippen molar-refractivity contribution in [2.75, 3.05) is 37.9 Å². The summed E-state index contributed by atoms with van der Waals surface area (Å²) < 4.78 is 16.9. The second-order valence-electron chi connectivity index (χ2n) is 13.6. The number of para-hydroxylation sites is 2. The van der Waals surface area contributed by atoms with Crippen LogP contribution in [0.1, 0.15) is 36.8 Å². The van der Waals surface area contributed by atoms with Gasteiger partial charge in [0, 0.05) is 46.7 Å². The largest absolute Gasteiger partial charge is 0.496 e. The number of aromatic nitrogens is 1. The number of carbonyl (C=O) groups is 4. The lowest BCUT2D eigenvalue weighted by atomic mass is 10.1. The SMILES string of the molecule is COc1ccccc1CC(=O)N1CCC[C@H]1C(=O)Nc1ccc(-c2cnc(-c3ccc(NC(=O)[C@@H]4CCCN4C(=O)Cc4ccccc4OC)cc3)o2)cc1. The Morgan fingerprint density at radius 2 is 1.11 bits per heavy atom. The lowest BCUT2D eigenvalue weighted by Crippen LogP contribution is -2.43. The molecule has 2 atom stereocenters. The summed E-state index contributed by atoms with van der Waals surface area (Å²) in [6.07, 6.45) is 4.67. The molecule has 5 aromatic rings. The van der Waals surface area contributed by atoms with Gasteiger partial charge in [0.2, 0.25) is 29.5 Å². The van der Waals surface area contributed by atoms with Crippen LogP contribution in [0.15, 0.2) is 108 Å². The van der Waals surface area contributed by atoms with Gasteiger partial charge in [0.15, 0.2) is 5.76 Å². The first-order valence-corrected chi connectivity index (χ1v) is 18.4. The molecule has 1 aromatic heterocycles. The van der Waals surface area contributed by atoms with E-state index in [1.165, 1.54) is 0 Å². The second kappa shape index (κ2) is 16.7. The van der Waals surface area contributed by atoms with Gasteiger partial charge in [-0.1, -0.05) is 36.4 Å². The molecule has 12 nitrogen and oxygen atoms in total. The van der Waals surface area contributed by atoms with Crippen LogP contribution in [0.25, 0.3) is 22.8 Å². The van der Waals surface area contributed by atoms with E-state index in [-0.39, 0.29) is 36.5 Å². The predicted octanol–water partition coefficient (Wildman–Crippen LogP) is 6.37. The van der Waals surface area contributed by atoms with Crippen molar-refractivity contribution in [3.8, 4) is 34.3 Å². The van der Waals surface area contributed by atoms with Gasteiger partial charge in [-0.15, -0.1) is 0 Å². The zero-order valence-electron chi connectivity index (χ0n) is 30.8. The van der Waals surface area contributed by atoms with E-state index in [0.717, 1.165) is 35.1 Å². The van der Waals surface area contributed by atoms with Crippen LogP contribution in [0.3, 0.4) is 0 Å². The maximum absolute atomic E-state index is 13.3. The number of nitrogens with zero attached hydrogens (tertiary/aromatic N) is 3. The number of anilines is 2. The summed E-state index contributed by atoms with van der Waals surface area (Å²) in [5.74, 6) is 1.59. The molecule has 2 aliphatic rings. The van der Waals surface area contributed by atoms with Gasteiger partial charge in [-0.3, -0.25) is 19.2 Å². The Kier molecular flexibility index (Phi) is 11.2. The van der Waals surface area contributed by atoms with Gasteiger partial charge < -0.3 is 34.3 Å². The molecule has 12 heteroatoms. The summed E-state index contributed by atoms with van der Waals surface area (Å²) in [6, 6.07) is 28.2. The number of likely N-dealkylation sites (tertiary alicyclic amines) is 2. The van der Waals surface area contributed by atoms with Gasteiger partial charge in [-0.25, -0.2) is 4.98 Å². The molecule has 0 spiro atoms. The summed E-state index contributed by atoms with van der Waals surface area (Å²) in [7, 11) is 3.15. The van der Waals surface area contributed by atoms with Gasteiger partial charge in [0.05, 0.1) is 33.3 Å². The van der Waals surface area contributed by atoms with Crippen molar-refractivity contribution < 1.29 is 33.1 Å². The molecule has 0 aliphatic carbocycles. The molecular formula is C43H43N5O7. The smallest absolute Gasteiger partial charge is 0.247 e. The van der Waals surface area contributed by atoms with E-state index < -0.39 is 12.1 Å². The van der Waals surface area contributed by atoms with Crippen LogP contribution in [0.4, 0.5) is 11.4 Å². The Balaban J connectivity index is 0.927. The topological polar surface area (TPSA) is 143 Å². The van der Waals surface area contributed by atoms with Crippen molar-refractivity contribution in [1.29, 1.82) is 0 Å². The highest BCUT2D eigenvalue weighted by atomic mass is 16.5. The quantitative estimate of drug-likeness (QED) is 0.150. The van der Waals surface area contributed by atoms with Crippen molar-refractivity contribution in [2.24, 2.45) is 0 Å². The fourth-order valence-corrected chi connectivity index (χ4v) is 7.31. The number of benzene rings is 4. The lowest BCUT2D eigenvalue weighted by Gasteiger charge is -2.24. The molecule has 2 N–H and O–H groups in total. The van der Waals surface area contributed by atoms with E-state index in [1.54, 1.807) is 54.5 Å². The van der Waals surface area contributed by atoms with E-state index in [9.17, 15) is 19.2 Å². The number of hydrogen-bond donors (Lipinski definition) is 2. The zero-order chi connectivity index (χ0) is 38.3. The van der Waals surface area contributed by atoms with Crippen molar-refractivity contribution in [2.45, 2.75) is 50.6 Å². The number of methoxy groups -OCH3 is 2. The lowest BCUT2D eigenvalue weighted by molar-refractivity contribution is -0.136. The van der Waals surface area contributed by atoms with Crippen LogP contribution in [-0.2, 0) is 32.0 Å². The molecule has 55 heavy (non-hydrogen) atoms. The Labute approximate surface area is 319 Å². The molecule has 2 saturated heterocycles. The number of rotatable bonds is 12. The number of carbonyl (C=O) groups excluding carboxylic acids is 4. The molecular weight excluding hydrogens is 699 g/mol. The Hall–Kier alpha value is -6.43. The first-order valence-electron chi connectivity index (χ1n) is 18.4. The maximum Gasteiger partial charge on any atom is 0.247 e. The Morgan fingerprint density at radius 3 is 1.58 bits per heavy atom. The molecule has 7 rings (SSSR count). The van der Waals surface area contributed by atoms with Crippen LogP contribution in [0, 0.1) is 0 Å². The first-order chi connectivity index (χ1) is 26.8. The second-order valence-corrected chi connectivity index (χ2v) is 13.6. The highest BCUT2D eigenvalue weighted by Crippen LogP contribution is 2.30. The third-order valence-corrected chi connectivity index (χ3v) is 10.2. The molecule has 2 aliphatic heterocycles. The normalized spacial score (nSPS) is 16.5. The van der Waals surface area contributed by atoms with Crippen molar-refractivity contribution in [3.05, 3.63) is 114 Å². The third-order valence-electron chi connectivity index (χ3n) is 10.2. The number of hydrogen-bond acceptors (Lipinski definition) is 8. The maximum atomic E-state index is 13.3. The van der Waals surface area contributed by atoms with E-state index in [2.05, 4.69) is 15.6 Å². The van der Waals surface area contributed by atoms with Crippen LogP contribution >= 0.6 is 0 Å². The van der Waals surface area contributed by atoms with Crippen molar-refractivity contribution in [3.63, 3.8) is 0 Å². The molecule has 0 unspecified atom stereocenters. The molecule has 0 bridgehead atoms.